The van der Waals surface area contributed by atoms with E-state index in [4.69, 9.17) is 0 Å². The van der Waals surface area contributed by atoms with Crippen LogP contribution in [0.15, 0.2) is 40.9 Å². The van der Waals surface area contributed by atoms with Crippen molar-refractivity contribution in [2.45, 2.75) is 6.92 Å². The van der Waals surface area contributed by atoms with Gasteiger partial charge in [-0.25, -0.2) is 8.42 Å². The lowest BCUT2D eigenvalue weighted by Gasteiger charge is -2.21. The molecule has 0 atom stereocenters. The van der Waals surface area contributed by atoms with Crippen molar-refractivity contribution in [1.82, 2.24) is 0 Å². The summed E-state index contributed by atoms with van der Waals surface area (Å²) in [5, 5.41) is 0. The van der Waals surface area contributed by atoms with Crippen LogP contribution in [0.5, 0.6) is 0 Å². The van der Waals surface area contributed by atoms with Crippen molar-refractivity contribution < 1.29 is 8.42 Å². The third-order valence-electron chi connectivity index (χ3n) is 2.03. The molecule has 0 saturated heterocycles. The van der Waals surface area contributed by atoms with E-state index in [9.17, 15) is 8.42 Å². The third kappa shape index (κ3) is 3.35. The molecule has 0 unspecified atom stereocenters. The summed E-state index contributed by atoms with van der Waals surface area (Å²) in [4.78, 5) is 0. The lowest BCUT2D eigenvalue weighted by Crippen LogP contribution is -2.30. The number of allylic oxidation sites excluding steroid dienone is 1. The zero-order valence-electron chi connectivity index (χ0n) is 9.22. The van der Waals surface area contributed by atoms with Crippen molar-refractivity contribution >= 4 is 31.6 Å². The molecule has 1 aromatic rings. The molecule has 0 fully saturated rings. The first-order valence-electron chi connectivity index (χ1n) is 4.80. The maximum Gasteiger partial charge on any atom is 0.232 e. The summed E-state index contributed by atoms with van der Waals surface area (Å²) in [7, 11) is -3.26. The Morgan fingerprint density at radius 3 is 2.50 bits per heavy atom. The van der Waals surface area contributed by atoms with E-state index >= 15 is 0 Å². The van der Waals surface area contributed by atoms with Crippen molar-refractivity contribution in [3.63, 3.8) is 0 Å². The Morgan fingerprint density at radius 2 is 2.00 bits per heavy atom. The summed E-state index contributed by atoms with van der Waals surface area (Å²) in [6.45, 7) is 2.21. The number of hydrogen-bond donors (Lipinski definition) is 0. The lowest BCUT2D eigenvalue weighted by molar-refractivity contribution is 0.598. The summed E-state index contributed by atoms with van der Waals surface area (Å²) in [6, 6.07) is 7.26. The van der Waals surface area contributed by atoms with Crippen LogP contribution in [0.2, 0.25) is 0 Å². The first-order valence-corrected chi connectivity index (χ1v) is 7.44. The first kappa shape index (κ1) is 13.3. The van der Waals surface area contributed by atoms with Crippen molar-refractivity contribution in [2.75, 3.05) is 17.1 Å². The third-order valence-corrected chi connectivity index (χ3v) is 3.85. The van der Waals surface area contributed by atoms with Gasteiger partial charge >= 0.3 is 0 Å². The Kier molecular flexibility index (Phi) is 4.56. The van der Waals surface area contributed by atoms with E-state index in [0.717, 1.165) is 4.47 Å². The second-order valence-corrected chi connectivity index (χ2v) is 6.08. The van der Waals surface area contributed by atoms with Crippen LogP contribution in [-0.4, -0.2) is 21.2 Å². The Labute approximate surface area is 105 Å². The van der Waals surface area contributed by atoms with Gasteiger partial charge in [0.25, 0.3) is 0 Å². The summed E-state index contributed by atoms with van der Waals surface area (Å²) in [5.74, 6) is 0. The molecular formula is C11H14BrNO2S. The number of halogens is 1. The highest BCUT2D eigenvalue weighted by Crippen LogP contribution is 2.27. The predicted molar refractivity (Wildman–Crippen MR) is 71.1 cm³/mol. The van der Waals surface area contributed by atoms with E-state index in [-0.39, 0.29) is 0 Å². The van der Waals surface area contributed by atoms with Gasteiger partial charge in [-0.3, -0.25) is 4.31 Å². The molecular weight excluding hydrogens is 290 g/mol. The fourth-order valence-corrected chi connectivity index (χ4v) is 2.76. The van der Waals surface area contributed by atoms with Gasteiger partial charge in [0.2, 0.25) is 10.0 Å². The number of benzene rings is 1. The average Bonchev–Trinajstić information content (AvgIpc) is 2.19. The minimum absolute atomic E-state index is 0.345. The molecule has 0 spiro atoms. The van der Waals surface area contributed by atoms with E-state index in [0.29, 0.717) is 12.2 Å². The Balaban J connectivity index is 3.17. The normalized spacial score (nSPS) is 11.9. The zero-order valence-corrected chi connectivity index (χ0v) is 11.6. The SMILES string of the molecule is CC=CCN(c1ccccc1Br)S(C)(=O)=O. The standard InChI is InChI=1S/C11H14BrNO2S/c1-3-4-9-13(16(2,14)15)11-8-6-5-7-10(11)12/h3-8H,9H2,1-2H3. The zero-order chi connectivity index (χ0) is 12.2. The van der Waals surface area contributed by atoms with Gasteiger partial charge < -0.3 is 0 Å². The molecule has 0 bridgehead atoms. The van der Waals surface area contributed by atoms with Crippen molar-refractivity contribution in [3.8, 4) is 0 Å². The monoisotopic (exact) mass is 303 g/mol. The van der Waals surface area contributed by atoms with E-state index < -0.39 is 10.0 Å². The Morgan fingerprint density at radius 1 is 1.38 bits per heavy atom. The number of nitrogens with zero attached hydrogens (tertiary/aromatic N) is 1. The van der Waals surface area contributed by atoms with Gasteiger partial charge in [0.15, 0.2) is 0 Å². The minimum Gasteiger partial charge on any atom is -0.266 e. The molecule has 1 rings (SSSR count). The minimum atomic E-state index is -3.26. The molecule has 3 nitrogen and oxygen atoms in total. The largest absolute Gasteiger partial charge is 0.266 e. The quantitative estimate of drug-likeness (QED) is 0.802. The molecule has 1 aromatic carbocycles. The number of sulfonamides is 1. The van der Waals surface area contributed by atoms with Gasteiger partial charge in [-0.2, -0.15) is 0 Å². The number of hydrogen-bond acceptors (Lipinski definition) is 2. The number of anilines is 1. The molecule has 0 aliphatic carbocycles. The van der Waals surface area contributed by atoms with Crippen LogP contribution in [0.3, 0.4) is 0 Å². The molecule has 0 heterocycles. The maximum atomic E-state index is 11.7. The van der Waals surface area contributed by atoms with Crippen LogP contribution >= 0.6 is 15.9 Å². The van der Waals surface area contributed by atoms with Crippen LogP contribution in [0.25, 0.3) is 0 Å². The molecule has 0 aromatic heterocycles. The van der Waals surface area contributed by atoms with Gasteiger partial charge in [0.05, 0.1) is 18.5 Å². The topological polar surface area (TPSA) is 37.4 Å². The van der Waals surface area contributed by atoms with Gasteiger partial charge in [-0.1, -0.05) is 24.3 Å². The molecule has 0 saturated carbocycles. The van der Waals surface area contributed by atoms with Crippen LogP contribution in [-0.2, 0) is 10.0 Å². The molecule has 0 radical (unpaired) electrons. The summed E-state index contributed by atoms with van der Waals surface area (Å²) in [5.41, 5.74) is 0.656. The maximum absolute atomic E-state index is 11.7. The summed E-state index contributed by atoms with van der Waals surface area (Å²) >= 11 is 3.35. The fraction of sp³-hybridized carbons (Fsp3) is 0.273. The van der Waals surface area contributed by atoms with Gasteiger partial charge in [0, 0.05) is 4.47 Å². The van der Waals surface area contributed by atoms with E-state index in [1.165, 1.54) is 10.6 Å². The molecule has 0 amide bonds. The Hall–Kier alpha value is -0.810. The van der Waals surface area contributed by atoms with Crippen LogP contribution < -0.4 is 4.31 Å². The van der Waals surface area contributed by atoms with Gasteiger partial charge in [0.1, 0.15) is 0 Å². The van der Waals surface area contributed by atoms with Crippen LogP contribution in [0.1, 0.15) is 6.92 Å². The highest BCUT2D eigenvalue weighted by atomic mass is 79.9. The van der Waals surface area contributed by atoms with Crippen molar-refractivity contribution in [1.29, 1.82) is 0 Å². The lowest BCUT2D eigenvalue weighted by atomic mass is 10.3. The van der Waals surface area contributed by atoms with E-state index in [1.54, 1.807) is 12.1 Å². The number of rotatable bonds is 4. The smallest absolute Gasteiger partial charge is 0.232 e. The molecule has 88 valence electrons. The number of para-hydroxylation sites is 1. The van der Waals surface area contributed by atoms with Crippen LogP contribution in [0, 0.1) is 0 Å². The molecule has 5 heteroatoms. The summed E-state index contributed by atoms with van der Waals surface area (Å²) in [6.07, 6.45) is 4.84. The fourth-order valence-electron chi connectivity index (χ4n) is 1.27. The predicted octanol–water partition coefficient (Wildman–Crippen LogP) is 2.79. The Bertz CT molecular complexity index is 483. The highest BCUT2D eigenvalue weighted by Gasteiger charge is 2.17. The van der Waals surface area contributed by atoms with Crippen molar-refractivity contribution in [3.05, 3.63) is 40.9 Å². The van der Waals surface area contributed by atoms with Crippen molar-refractivity contribution in [2.24, 2.45) is 0 Å². The van der Waals surface area contributed by atoms with Gasteiger partial charge in [-0.05, 0) is 35.0 Å². The molecule has 16 heavy (non-hydrogen) atoms. The average molecular weight is 304 g/mol. The van der Waals surface area contributed by atoms with E-state index in [2.05, 4.69) is 15.9 Å². The molecule has 0 aliphatic heterocycles. The second-order valence-electron chi connectivity index (χ2n) is 3.31. The molecule has 0 N–H and O–H groups in total. The molecule has 0 aliphatic rings. The second kappa shape index (κ2) is 5.50. The van der Waals surface area contributed by atoms with E-state index in [1.807, 2.05) is 31.2 Å². The summed E-state index contributed by atoms with van der Waals surface area (Å²) < 4.78 is 25.4. The van der Waals surface area contributed by atoms with Gasteiger partial charge in [-0.15, -0.1) is 0 Å². The van der Waals surface area contributed by atoms with Crippen LogP contribution in [0.4, 0.5) is 5.69 Å². The highest BCUT2D eigenvalue weighted by molar-refractivity contribution is 9.10. The first-order chi connectivity index (χ1) is 7.46.